The number of thiophene rings is 1. The first-order valence-electron chi connectivity index (χ1n) is 11.8. The molecule has 2 aliphatic heterocycles. The number of rotatable bonds is 6. The van der Waals surface area contributed by atoms with Crippen LogP contribution in [0.2, 0.25) is 0 Å². The summed E-state index contributed by atoms with van der Waals surface area (Å²) in [4.78, 5) is 42.4. The van der Waals surface area contributed by atoms with Crippen molar-refractivity contribution in [3.05, 3.63) is 29.3 Å². The molecule has 186 valence electrons. The van der Waals surface area contributed by atoms with Gasteiger partial charge < -0.3 is 19.7 Å². The molecule has 1 N–H and O–H groups in total. The molecule has 3 aliphatic rings. The third-order valence-corrected chi connectivity index (χ3v) is 8.55. The maximum atomic E-state index is 13.8. The molecule has 3 fully saturated rings. The SMILES string of the molecule is COc1cc(-c2ccc(C(=O)NC(C(=O)N3C[C@H](Cl)[C@H]4OCC(=O)[C@H]43)C3CCCCC3)s2)cnn1. The van der Waals surface area contributed by atoms with Crippen molar-refractivity contribution in [3.8, 4) is 16.3 Å². The summed E-state index contributed by atoms with van der Waals surface area (Å²) in [7, 11) is 1.52. The van der Waals surface area contributed by atoms with Gasteiger partial charge in [0.1, 0.15) is 24.8 Å². The fraction of sp³-hybridized carbons (Fsp3) is 0.542. The average molecular weight is 519 g/mol. The van der Waals surface area contributed by atoms with Crippen LogP contribution < -0.4 is 10.1 Å². The second kappa shape index (κ2) is 10.2. The van der Waals surface area contributed by atoms with Gasteiger partial charge in [0, 0.05) is 23.1 Å². The topological polar surface area (TPSA) is 111 Å². The minimum Gasteiger partial charge on any atom is -0.480 e. The maximum Gasteiger partial charge on any atom is 0.262 e. The van der Waals surface area contributed by atoms with Crippen molar-refractivity contribution in [2.45, 2.75) is 55.7 Å². The lowest BCUT2D eigenvalue weighted by molar-refractivity contribution is -0.139. The summed E-state index contributed by atoms with van der Waals surface area (Å²) in [5, 5.41) is 10.4. The van der Waals surface area contributed by atoms with Crippen LogP contribution in [0.25, 0.3) is 10.4 Å². The fourth-order valence-electron chi connectivity index (χ4n) is 5.26. The first kappa shape index (κ1) is 24.1. The standard InChI is InChI=1S/C24H27ClN4O5S/c1-33-19-9-14(10-26-28-19)17-7-8-18(35-17)23(31)27-20(13-5-3-2-4-6-13)24(32)29-11-15(25)22-21(29)16(30)12-34-22/h7-10,13,15,20-22H,2-6,11-12H2,1H3,(H,27,31)/t15-,20?,21+,22+/m0/s1. The minimum absolute atomic E-state index is 0.0125. The summed E-state index contributed by atoms with van der Waals surface area (Å²) in [6, 6.07) is 3.94. The van der Waals surface area contributed by atoms with Crippen LogP contribution in [-0.2, 0) is 14.3 Å². The number of aromatic nitrogens is 2. The molecule has 11 heteroatoms. The molecule has 5 rings (SSSR count). The lowest BCUT2D eigenvalue weighted by Gasteiger charge is -2.34. The van der Waals surface area contributed by atoms with Crippen LogP contribution in [-0.4, -0.2) is 76.5 Å². The van der Waals surface area contributed by atoms with Crippen LogP contribution in [0.4, 0.5) is 0 Å². The first-order chi connectivity index (χ1) is 17.0. The number of fused-ring (bicyclic) bond motifs is 1. The molecule has 2 amide bonds. The third kappa shape index (κ3) is 4.79. The number of hydrogen-bond acceptors (Lipinski definition) is 8. The normalized spacial score (nSPS) is 25.4. The molecule has 2 aromatic rings. The van der Waals surface area contributed by atoms with E-state index in [0.717, 1.165) is 42.5 Å². The lowest BCUT2D eigenvalue weighted by atomic mass is 9.83. The Morgan fingerprint density at radius 2 is 2.09 bits per heavy atom. The van der Waals surface area contributed by atoms with Crippen molar-refractivity contribution < 1.29 is 23.9 Å². The number of halogens is 1. The fourth-order valence-corrected chi connectivity index (χ4v) is 6.51. The first-order valence-corrected chi connectivity index (χ1v) is 13.1. The largest absolute Gasteiger partial charge is 0.480 e. The predicted octanol–water partition coefficient (Wildman–Crippen LogP) is 2.68. The zero-order valence-corrected chi connectivity index (χ0v) is 20.9. The van der Waals surface area contributed by atoms with Crippen molar-refractivity contribution in [1.29, 1.82) is 0 Å². The molecule has 2 aromatic heterocycles. The molecule has 1 aliphatic carbocycles. The molecular weight excluding hydrogens is 492 g/mol. The highest BCUT2D eigenvalue weighted by Crippen LogP contribution is 2.34. The summed E-state index contributed by atoms with van der Waals surface area (Å²) in [6.07, 6.45) is 5.97. The van der Waals surface area contributed by atoms with E-state index in [-0.39, 0.29) is 36.7 Å². The predicted molar refractivity (Wildman–Crippen MR) is 130 cm³/mol. The number of alkyl halides is 1. The van der Waals surface area contributed by atoms with E-state index < -0.39 is 23.6 Å². The number of amides is 2. The van der Waals surface area contributed by atoms with Crippen LogP contribution in [0.3, 0.4) is 0 Å². The highest BCUT2D eigenvalue weighted by atomic mass is 35.5. The van der Waals surface area contributed by atoms with Gasteiger partial charge in [-0.05, 0) is 30.9 Å². The van der Waals surface area contributed by atoms with Crippen LogP contribution >= 0.6 is 22.9 Å². The van der Waals surface area contributed by atoms with Gasteiger partial charge >= 0.3 is 0 Å². The molecule has 0 bridgehead atoms. The molecule has 4 atom stereocenters. The Hall–Kier alpha value is -2.56. The number of methoxy groups -OCH3 is 1. The van der Waals surface area contributed by atoms with Crippen molar-refractivity contribution in [1.82, 2.24) is 20.4 Å². The highest BCUT2D eigenvalue weighted by Gasteiger charge is 2.53. The van der Waals surface area contributed by atoms with Gasteiger partial charge in [0.25, 0.3) is 5.91 Å². The Bertz CT molecular complexity index is 1120. The average Bonchev–Trinajstić information content (AvgIpc) is 3.61. The van der Waals surface area contributed by atoms with Gasteiger partial charge in [-0.3, -0.25) is 14.4 Å². The summed E-state index contributed by atoms with van der Waals surface area (Å²) in [5.74, 6) is -0.298. The monoisotopic (exact) mass is 518 g/mol. The second-order valence-electron chi connectivity index (χ2n) is 9.19. The van der Waals surface area contributed by atoms with Gasteiger partial charge in [0.15, 0.2) is 5.78 Å². The molecular formula is C24H27ClN4O5S. The van der Waals surface area contributed by atoms with Crippen LogP contribution in [0.1, 0.15) is 41.8 Å². The van der Waals surface area contributed by atoms with Crippen molar-refractivity contribution >= 4 is 40.5 Å². The molecule has 0 aromatic carbocycles. The Kier molecular flexibility index (Phi) is 7.04. The zero-order valence-electron chi connectivity index (χ0n) is 19.3. The van der Waals surface area contributed by atoms with Gasteiger partial charge in [-0.2, -0.15) is 5.10 Å². The van der Waals surface area contributed by atoms with E-state index in [2.05, 4.69) is 15.5 Å². The molecule has 4 heterocycles. The van der Waals surface area contributed by atoms with Crippen molar-refractivity contribution in [3.63, 3.8) is 0 Å². The number of nitrogens with zero attached hydrogens (tertiary/aromatic N) is 3. The van der Waals surface area contributed by atoms with Gasteiger partial charge in [-0.25, -0.2) is 0 Å². The number of carbonyl (C=O) groups is 3. The summed E-state index contributed by atoms with van der Waals surface area (Å²) >= 11 is 7.72. The molecule has 35 heavy (non-hydrogen) atoms. The quantitative estimate of drug-likeness (QED) is 0.585. The van der Waals surface area contributed by atoms with E-state index in [1.54, 1.807) is 18.3 Å². The molecule has 0 spiro atoms. The van der Waals surface area contributed by atoms with Crippen molar-refractivity contribution in [2.24, 2.45) is 5.92 Å². The van der Waals surface area contributed by atoms with Crippen LogP contribution in [0, 0.1) is 5.92 Å². The van der Waals surface area contributed by atoms with E-state index in [1.165, 1.54) is 23.3 Å². The Morgan fingerprint density at radius 3 is 2.86 bits per heavy atom. The second-order valence-corrected chi connectivity index (χ2v) is 10.8. The molecule has 1 unspecified atom stereocenters. The summed E-state index contributed by atoms with van der Waals surface area (Å²) in [6.45, 7) is 0.204. The Labute approximate surface area is 212 Å². The number of ether oxygens (including phenoxy) is 2. The lowest BCUT2D eigenvalue weighted by Crippen LogP contribution is -2.55. The van der Waals surface area contributed by atoms with Gasteiger partial charge in [0.05, 0.1) is 23.6 Å². The van der Waals surface area contributed by atoms with Gasteiger partial charge in [-0.1, -0.05) is 19.3 Å². The van der Waals surface area contributed by atoms with Gasteiger partial charge in [-0.15, -0.1) is 28.0 Å². The zero-order chi connectivity index (χ0) is 24.5. The number of nitrogens with one attached hydrogen (secondary N) is 1. The number of likely N-dealkylation sites (tertiary alicyclic amines) is 1. The Morgan fingerprint density at radius 1 is 1.29 bits per heavy atom. The summed E-state index contributed by atoms with van der Waals surface area (Å²) < 4.78 is 10.7. The van der Waals surface area contributed by atoms with E-state index in [4.69, 9.17) is 21.1 Å². The van der Waals surface area contributed by atoms with E-state index >= 15 is 0 Å². The molecule has 2 saturated heterocycles. The minimum atomic E-state index is -0.716. The maximum absolute atomic E-state index is 13.8. The smallest absolute Gasteiger partial charge is 0.262 e. The number of ketones is 1. The summed E-state index contributed by atoms with van der Waals surface area (Å²) in [5.41, 5.74) is 0.789. The number of carbonyl (C=O) groups excluding carboxylic acids is 3. The van der Waals surface area contributed by atoms with E-state index in [0.29, 0.717) is 10.8 Å². The third-order valence-electron chi connectivity index (χ3n) is 7.03. The van der Waals surface area contributed by atoms with E-state index in [9.17, 15) is 14.4 Å². The molecule has 1 saturated carbocycles. The molecule has 0 radical (unpaired) electrons. The van der Waals surface area contributed by atoms with Crippen LogP contribution in [0.15, 0.2) is 24.4 Å². The Balaban J connectivity index is 1.36. The number of Topliss-reactive ketones (excluding diaryl/α,β-unsaturated/α-hetero) is 1. The van der Waals surface area contributed by atoms with E-state index in [1.807, 2.05) is 6.07 Å². The number of hydrogen-bond donors (Lipinski definition) is 1. The van der Waals surface area contributed by atoms with Gasteiger partial charge in [0.2, 0.25) is 11.8 Å². The van der Waals surface area contributed by atoms with Crippen LogP contribution in [0.5, 0.6) is 5.88 Å². The highest BCUT2D eigenvalue weighted by molar-refractivity contribution is 7.17. The van der Waals surface area contributed by atoms with Crippen molar-refractivity contribution in [2.75, 3.05) is 20.3 Å². The molecule has 9 nitrogen and oxygen atoms in total.